The first kappa shape index (κ1) is 33.9. The first-order valence-corrected chi connectivity index (χ1v) is 17.6. The molecule has 7 nitrogen and oxygen atoms in total. The summed E-state index contributed by atoms with van der Waals surface area (Å²) in [5.74, 6) is -1.47. The lowest BCUT2D eigenvalue weighted by atomic mass is 9.94. The Labute approximate surface area is 277 Å². The number of carbonyl (C=O) groups excluding carboxylic acids is 2. The molecule has 4 aromatic carbocycles. The van der Waals surface area contributed by atoms with E-state index < -0.39 is 34.3 Å². The Morgan fingerprint density at radius 1 is 0.851 bits per heavy atom. The monoisotopic (exact) mass is 655 g/mol. The van der Waals surface area contributed by atoms with Gasteiger partial charge in [-0.2, -0.15) is 0 Å². The number of anilines is 1. The minimum atomic E-state index is -4.22. The van der Waals surface area contributed by atoms with Gasteiger partial charge in [0.05, 0.1) is 10.6 Å². The van der Waals surface area contributed by atoms with E-state index >= 15 is 4.39 Å². The van der Waals surface area contributed by atoms with Crippen molar-refractivity contribution in [2.75, 3.05) is 10.8 Å². The first-order chi connectivity index (χ1) is 22.6. The Kier molecular flexibility index (Phi) is 11.1. The molecule has 0 aliphatic heterocycles. The van der Waals surface area contributed by atoms with Crippen LogP contribution in [-0.4, -0.2) is 43.8 Å². The van der Waals surface area contributed by atoms with Crippen LogP contribution in [0, 0.1) is 19.7 Å². The largest absolute Gasteiger partial charge is 0.352 e. The van der Waals surface area contributed by atoms with Gasteiger partial charge in [0.25, 0.3) is 10.0 Å². The highest BCUT2D eigenvalue weighted by molar-refractivity contribution is 7.92. The molecule has 0 radical (unpaired) electrons. The first-order valence-electron chi connectivity index (χ1n) is 16.2. The van der Waals surface area contributed by atoms with Crippen LogP contribution in [0.25, 0.3) is 0 Å². The lowest BCUT2D eigenvalue weighted by Gasteiger charge is -2.35. The van der Waals surface area contributed by atoms with Crippen molar-refractivity contribution in [2.24, 2.45) is 0 Å². The predicted octanol–water partition coefficient (Wildman–Crippen LogP) is 6.73. The van der Waals surface area contributed by atoms with Crippen LogP contribution in [0.3, 0.4) is 0 Å². The Hall–Kier alpha value is -4.50. The minimum Gasteiger partial charge on any atom is -0.352 e. The van der Waals surface area contributed by atoms with Crippen LogP contribution in [0.1, 0.15) is 54.4 Å². The Bertz CT molecular complexity index is 1780. The van der Waals surface area contributed by atoms with Crippen molar-refractivity contribution < 1.29 is 22.4 Å². The standard InChI is InChI=1S/C38H42FN3O4S/c1-28-22-23-29(2)35(24-28)42(47(45,46)33-19-10-5-11-20-33)27-37(43)41(26-31-16-12-13-21-34(31)39)36(25-30-14-6-3-7-15-30)38(44)40-32-17-8-4-9-18-32/h3,5-7,10-16,19-24,32,36H,4,8-9,17-18,25-27H2,1-2H3,(H,40,44). The van der Waals surface area contributed by atoms with Gasteiger partial charge in [0, 0.05) is 24.6 Å². The van der Waals surface area contributed by atoms with Crippen molar-refractivity contribution >= 4 is 27.5 Å². The second kappa shape index (κ2) is 15.4. The number of benzene rings is 4. The molecule has 47 heavy (non-hydrogen) atoms. The third-order valence-electron chi connectivity index (χ3n) is 8.76. The number of halogens is 1. The van der Waals surface area contributed by atoms with Crippen LogP contribution >= 0.6 is 0 Å². The zero-order chi connectivity index (χ0) is 33.4. The molecule has 4 aromatic rings. The minimum absolute atomic E-state index is 0.0233. The summed E-state index contributed by atoms with van der Waals surface area (Å²) >= 11 is 0. The fraction of sp³-hybridized carbons (Fsp3) is 0.316. The molecular weight excluding hydrogens is 614 g/mol. The molecule has 1 saturated carbocycles. The molecule has 0 spiro atoms. The topological polar surface area (TPSA) is 86.8 Å². The Balaban J connectivity index is 1.59. The van der Waals surface area contributed by atoms with Gasteiger partial charge in [0.1, 0.15) is 18.4 Å². The summed E-state index contributed by atoms with van der Waals surface area (Å²) in [6, 6.07) is 27.9. The maximum atomic E-state index is 15.2. The van der Waals surface area contributed by atoms with Crippen molar-refractivity contribution in [1.29, 1.82) is 0 Å². The summed E-state index contributed by atoms with van der Waals surface area (Å²) in [6.45, 7) is 2.85. The average Bonchev–Trinajstić information content (AvgIpc) is 3.08. The molecule has 0 heterocycles. The molecule has 1 aliphatic rings. The van der Waals surface area contributed by atoms with Gasteiger partial charge >= 0.3 is 0 Å². The number of rotatable bonds is 12. The van der Waals surface area contributed by atoms with Crippen LogP contribution in [0.4, 0.5) is 10.1 Å². The molecule has 1 aliphatic carbocycles. The third-order valence-corrected chi connectivity index (χ3v) is 10.5. The molecule has 1 unspecified atom stereocenters. The predicted molar refractivity (Wildman–Crippen MR) is 183 cm³/mol. The number of sulfonamides is 1. The van der Waals surface area contributed by atoms with Crippen LogP contribution in [0.5, 0.6) is 0 Å². The summed E-state index contributed by atoms with van der Waals surface area (Å²) in [5.41, 5.74) is 2.90. The Morgan fingerprint density at radius 2 is 1.49 bits per heavy atom. The number of nitrogens with zero attached hydrogens (tertiary/aromatic N) is 2. The van der Waals surface area contributed by atoms with Gasteiger partial charge in [0.15, 0.2) is 0 Å². The second-order valence-corrected chi connectivity index (χ2v) is 14.1. The molecule has 1 fully saturated rings. The summed E-state index contributed by atoms with van der Waals surface area (Å²) < 4.78 is 44.8. The Morgan fingerprint density at radius 3 is 2.17 bits per heavy atom. The molecule has 246 valence electrons. The SMILES string of the molecule is Cc1ccc(C)c(N(CC(=O)N(Cc2ccccc2F)C(Cc2ccccc2)C(=O)NC2CCCCC2)S(=O)(=O)c2ccccc2)c1. The van der Waals surface area contributed by atoms with Crippen molar-refractivity contribution in [1.82, 2.24) is 10.2 Å². The summed E-state index contributed by atoms with van der Waals surface area (Å²) in [6.07, 6.45) is 5.00. The molecule has 1 N–H and O–H groups in total. The van der Waals surface area contributed by atoms with E-state index in [1.165, 1.54) is 23.1 Å². The van der Waals surface area contributed by atoms with Crippen molar-refractivity contribution in [2.45, 2.75) is 75.9 Å². The molecule has 0 aromatic heterocycles. The van der Waals surface area contributed by atoms with Gasteiger partial charge in [-0.1, -0.05) is 98.1 Å². The van der Waals surface area contributed by atoms with Gasteiger partial charge in [-0.3, -0.25) is 13.9 Å². The fourth-order valence-electron chi connectivity index (χ4n) is 6.13. The van der Waals surface area contributed by atoms with Crippen molar-refractivity contribution in [3.05, 3.63) is 131 Å². The highest BCUT2D eigenvalue weighted by Crippen LogP contribution is 2.29. The number of carbonyl (C=O) groups is 2. The van der Waals surface area contributed by atoms with E-state index in [1.807, 2.05) is 49.4 Å². The second-order valence-electron chi connectivity index (χ2n) is 12.3. The van der Waals surface area contributed by atoms with Gasteiger partial charge in [-0.15, -0.1) is 0 Å². The molecule has 2 amide bonds. The van der Waals surface area contributed by atoms with Gasteiger partial charge in [0.2, 0.25) is 11.8 Å². The van der Waals surface area contributed by atoms with E-state index in [9.17, 15) is 18.0 Å². The normalized spacial score (nSPS) is 14.3. The van der Waals surface area contributed by atoms with Crippen LogP contribution < -0.4 is 9.62 Å². The number of amides is 2. The number of hydrogen-bond acceptors (Lipinski definition) is 4. The molecule has 0 saturated heterocycles. The zero-order valence-electron chi connectivity index (χ0n) is 26.9. The summed E-state index contributed by atoms with van der Waals surface area (Å²) in [5, 5.41) is 3.17. The fourth-order valence-corrected chi connectivity index (χ4v) is 7.62. The quantitative estimate of drug-likeness (QED) is 0.184. The van der Waals surface area contributed by atoms with Gasteiger partial charge in [-0.05, 0) is 67.6 Å². The zero-order valence-corrected chi connectivity index (χ0v) is 27.8. The van der Waals surface area contributed by atoms with Crippen LogP contribution in [-0.2, 0) is 32.6 Å². The van der Waals surface area contributed by atoms with Crippen molar-refractivity contribution in [3.63, 3.8) is 0 Å². The van der Waals surface area contributed by atoms with Gasteiger partial charge in [-0.25, -0.2) is 12.8 Å². The van der Waals surface area contributed by atoms with Crippen molar-refractivity contribution in [3.8, 4) is 0 Å². The third kappa shape index (κ3) is 8.46. The maximum absolute atomic E-state index is 15.2. The highest BCUT2D eigenvalue weighted by Gasteiger charge is 2.36. The van der Waals surface area contributed by atoms with E-state index in [-0.39, 0.29) is 35.4 Å². The van der Waals surface area contributed by atoms with E-state index in [2.05, 4.69) is 5.32 Å². The summed E-state index contributed by atoms with van der Waals surface area (Å²) in [4.78, 5) is 30.2. The van der Waals surface area contributed by atoms with Crippen LogP contribution in [0.2, 0.25) is 0 Å². The molecular formula is C38H42FN3O4S. The van der Waals surface area contributed by atoms with Gasteiger partial charge < -0.3 is 10.2 Å². The number of aryl methyl sites for hydroxylation is 2. The average molecular weight is 656 g/mol. The smallest absolute Gasteiger partial charge is 0.264 e. The molecule has 9 heteroatoms. The maximum Gasteiger partial charge on any atom is 0.264 e. The number of nitrogens with one attached hydrogen (secondary N) is 1. The van der Waals surface area contributed by atoms with E-state index in [1.54, 1.807) is 49.4 Å². The molecule has 0 bridgehead atoms. The van der Waals surface area contributed by atoms with E-state index in [0.717, 1.165) is 47.5 Å². The van der Waals surface area contributed by atoms with Crippen LogP contribution in [0.15, 0.2) is 108 Å². The lowest BCUT2D eigenvalue weighted by Crippen LogP contribution is -2.55. The highest BCUT2D eigenvalue weighted by atomic mass is 32.2. The van der Waals surface area contributed by atoms with E-state index in [4.69, 9.17) is 0 Å². The number of hydrogen-bond donors (Lipinski definition) is 1. The lowest BCUT2D eigenvalue weighted by molar-refractivity contribution is -0.140. The molecule has 5 rings (SSSR count). The summed E-state index contributed by atoms with van der Waals surface area (Å²) in [7, 11) is -4.22. The van der Waals surface area contributed by atoms with E-state index in [0.29, 0.717) is 11.3 Å². The molecule has 1 atom stereocenters.